The van der Waals surface area contributed by atoms with Crippen LogP contribution >= 0.6 is 24.0 Å². The Bertz CT molecular complexity index is 603. The fourth-order valence-corrected chi connectivity index (χ4v) is 2.64. The molecule has 0 aliphatic heterocycles. The molecule has 96 valence electrons. The van der Waals surface area contributed by atoms with Gasteiger partial charge in [0.1, 0.15) is 0 Å². The largest absolute Gasteiger partial charge is 0.337 e. The van der Waals surface area contributed by atoms with Crippen molar-refractivity contribution >= 4 is 24.0 Å². The van der Waals surface area contributed by atoms with E-state index in [1.807, 2.05) is 6.20 Å². The first-order valence-corrected chi connectivity index (χ1v) is 7.52. The van der Waals surface area contributed by atoms with E-state index in [1.54, 1.807) is 11.8 Å². The average Bonchev–Trinajstić information content (AvgIpc) is 2.71. The maximum absolute atomic E-state index is 5.40. The van der Waals surface area contributed by atoms with Crippen molar-refractivity contribution in [3.63, 3.8) is 0 Å². The van der Waals surface area contributed by atoms with E-state index in [0.29, 0.717) is 0 Å². The molecule has 0 amide bonds. The number of H-pyrrole nitrogens is 1. The number of nitrogens with zero attached hydrogens (tertiary/aromatic N) is 1. The summed E-state index contributed by atoms with van der Waals surface area (Å²) in [6.07, 6.45) is 4.09. The van der Waals surface area contributed by atoms with Gasteiger partial charge in [-0.05, 0) is 36.7 Å². The monoisotopic (exact) mass is 278 g/mol. The molecule has 0 aliphatic rings. The summed E-state index contributed by atoms with van der Waals surface area (Å²) < 4.78 is 2.87. The molecule has 1 N–H and O–H groups in total. The van der Waals surface area contributed by atoms with Crippen molar-refractivity contribution < 1.29 is 0 Å². The molecule has 1 aromatic heterocycles. The van der Waals surface area contributed by atoms with Gasteiger partial charge in [-0.2, -0.15) is 0 Å². The van der Waals surface area contributed by atoms with E-state index >= 15 is 0 Å². The summed E-state index contributed by atoms with van der Waals surface area (Å²) in [5, 5.41) is 0. The minimum Gasteiger partial charge on any atom is -0.337 e. The molecule has 0 spiro atoms. The molecule has 0 saturated carbocycles. The van der Waals surface area contributed by atoms with Gasteiger partial charge in [0.25, 0.3) is 0 Å². The minimum absolute atomic E-state index is 0.0585. The highest BCUT2D eigenvalue weighted by atomic mass is 32.2. The average molecular weight is 278 g/mol. The number of aromatic nitrogens is 2. The lowest BCUT2D eigenvalue weighted by Gasteiger charge is -2.21. The zero-order valence-corrected chi connectivity index (χ0v) is 12.8. The van der Waals surface area contributed by atoms with Crippen molar-refractivity contribution in [2.75, 3.05) is 6.26 Å². The normalized spacial score (nSPS) is 11.8. The summed E-state index contributed by atoms with van der Waals surface area (Å²) in [4.78, 5) is 4.40. The van der Waals surface area contributed by atoms with E-state index in [1.165, 1.54) is 10.6 Å². The molecule has 0 fully saturated rings. The Kier molecular flexibility index (Phi) is 3.69. The van der Waals surface area contributed by atoms with Crippen LogP contribution in [0, 0.1) is 4.77 Å². The van der Waals surface area contributed by atoms with Crippen LogP contribution in [0.2, 0.25) is 0 Å². The smallest absolute Gasteiger partial charge is 0.182 e. The second-order valence-corrected chi connectivity index (χ2v) is 6.53. The van der Waals surface area contributed by atoms with Gasteiger partial charge in [-0.25, -0.2) is 0 Å². The van der Waals surface area contributed by atoms with Crippen molar-refractivity contribution in [1.82, 2.24) is 9.55 Å². The van der Waals surface area contributed by atoms with Crippen molar-refractivity contribution in [2.45, 2.75) is 31.1 Å². The number of benzene rings is 1. The van der Waals surface area contributed by atoms with Crippen molar-refractivity contribution in [2.24, 2.45) is 0 Å². The highest BCUT2D eigenvalue weighted by Crippen LogP contribution is 2.27. The van der Waals surface area contributed by atoms with Crippen LogP contribution in [-0.4, -0.2) is 15.8 Å². The molecule has 1 aromatic carbocycles. The zero-order valence-electron chi connectivity index (χ0n) is 11.2. The Morgan fingerprint density at radius 1 is 1.28 bits per heavy atom. The van der Waals surface area contributed by atoms with Gasteiger partial charge >= 0.3 is 0 Å². The molecule has 4 heteroatoms. The molecule has 0 saturated heterocycles. The van der Waals surface area contributed by atoms with Gasteiger partial charge < -0.3 is 4.98 Å². The Morgan fingerprint density at radius 3 is 2.61 bits per heavy atom. The van der Waals surface area contributed by atoms with Gasteiger partial charge in [-0.3, -0.25) is 4.57 Å². The summed E-state index contributed by atoms with van der Waals surface area (Å²) in [5.74, 6) is 0. The van der Waals surface area contributed by atoms with Crippen LogP contribution in [0.4, 0.5) is 0 Å². The van der Waals surface area contributed by atoms with Crippen LogP contribution in [0.1, 0.15) is 26.5 Å². The molecule has 0 radical (unpaired) electrons. The van der Waals surface area contributed by atoms with Crippen molar-refractivity contribution in [3.8, 4) is 5.69 Å². The predicted octanol–water partition coefficient (Wildman–Crippen LogP) is 4.55. The summed E-state index contributed by atoms with van der Waals surface area (Å²) in [5.41, 5.74) is 2.38. The fourth-order valence-electron chi connectivity index (χ4n) is 1.93. The Morgan fingerprint density at radius 2 is 2.00 bits per heavy atom. The SMILES string of the molecule is CSc1cccc(-n2c(C(C)(C)C)c[nH]c2=S)c1. The highest BCUT2D eigenvalue weighted by molar-refractivity contribution is 7.98. The highest BCUT2D eigenvalue weighted by Gasteiger charge is 2.20. The van der Waals surface area contributed by atoms with Crippen LogP contribution < -0.4 is 0 Å². The van der Waals surface area contributed by atoms with Gasteiger partial charge in [0.15, 0.2) is 4.77 Å². The molecule has 2 nitrogen and oxygen atoms in total. The third-order valence-corrected chi connectivity index (χ3v) is 3.88. The standard InChI is InChI=1S/C14H18N2S2/c1-14(2,3)12-9-15-13(17)16(12)10-6-5-7-11(8-10)18-4/h5-9H,1-4H3,(H,15,17). The third kappa shape index (κ3) is 2.54. The lowest BCUT2D eigenvalue weighted by atomic mass is 9.92. The van der Waals surface area contributed by atoms with Crippen LogP contribution in [0.15, 0.2) is 35.4 Å². The predicted molar refractivity (Wildman–Crippen MR) is 81.4 cm³/mol. The lowest BCUT2D eigenvalue weighted by Crippen LogP contribution is -2.16. The topological polar surface area (TPSA) is 20.7 Å². The maximum Gasteiger partial charge on any atom is 0.182 e. The Balaban J connectivity index is 2.63. The van der Waals surface area contributed by atoms with E-state index in [-0.39, 0.29) is 5.41 Å². The maximum atomic E-state index is 5.40. The Labute approximate surface area is 117 Å². The molecule has 0 unspecified atom stereocenters. The quantitative estimate of drug-likeness (QED) is 0.642. The second-order valence-electron chi connectivity index (χ2n) is 5.27. The van der Waals surface area contributed by atoms with Gasteiger partial charge in [0, 0.05) is 27.9 Å². The number of thioether (sulfide) groups is 1. The van der Waals surface area contributed by atoms with E-state index in [9.17, 15) is 0 Å². The number of rotatable bonds is 2. The van der Waals surface area contributed by atoms with Crippen molar-refractivity contribution in [3.05, 3.63) is 40.9 Å². The first-order valence-electron chi connectivity index (χ1n) is 5.89. The van der Waals surface area contributed by atoms with Crippen LogP contribution in [0.5, 0.6) is 0 Å². The van der Waals surface area contributed by atoms with Gasteiger partial charge in [-0.1, -0.05) is 26.8 Å². The van der Waals surface area contributed by atoms with Crippen LogP contribution in [0.3, 0.4) is 0 Å². The van der Waals surface area contributed by atoms with Gasteiger partial charge in [0.2, 0.25) is 0 Å². The number of hydrogen-bond donors (Lipinski definition) is 1. The number of imidazole rings is 1. The molecule has 0 bridgehead atoms. The molecule has 0 atom stereocenters. The molecule has 0 aliphatic carbocycles. The van der Waals surface area contributed by atoms with Gasteiger partial charge in [0.05, 0.1) is 0 Å². The Hall–Kier alpha value is -1.000. The summed E-state index contributed by atoms with van der Waals surface area (Å²) >= 11 is 7.15. The van der Waals surface area contributed by atoms with Gasteiger partial charge in [-0.15, -0.1) is 11.8 Å². The molecule has 18 heavy (non-hydrogen) atoms. The van der Waals surface area contributed by atoms with E-state index in [4.69, 9.17) is 12.2 Å². The van der Waals surface area contributed by atoms with Crippen LogP contribution in [-0.2, 0) is 5.41 Å². The van der Waals surface area contributed by atoms with Crippen LogP contribution in [0.25, 0.3) is 5.69 Å². The number of aromatic amines is 1. The first-order chi connectivity index (χ1) is 8.43. The molecule has 1 heterocycles. The molecular formula is C14H18N2S2. The summed E-state index contributed by atoms with van der Waals surface area (Å²) in [6.45, 7) is 6.58. The third-order valence-electron chi connectivity index (χ3n) is 2.86. The molecular weight excluding hydrogens is 260 g/mol. The minimum atomic E-state index is 0.0585. The van der Waals surface area contributed by atoms with Crippen molar-refractivity contribution in [1.29, 1.82) is 0 Å². The fraction of sp³-hybridized carbons (Fsp3) is 0.357. The zero-order chi connectivity index (χ0) is 13.3. The molecule has 2 aromatic rings. The van der Waals surface area contributed by atoms with E-state index in [2.05, 4.69) is 60.8 Å². The van der Waals surface area contributed by atoms with E-state index in [0.717, 1.165) is 10.5 Å². The number of hydrogen-bond acceptors (Lipinski definition) is 2. The number of nitrogens with one attached hydrogen (secondary N) is 1. The van der Waals surface area contributed by atoms with E-state index < -0.39 is 0 Å². The summed E-state index contributed by atoms with van der Waals surface area (Å²) in [7, 11) is 0. The summed E-state index contributed by atoms with van der Waals surface area (Å²) in [6, 6.07) is 8.45. The second kappa shape index (κ2) is 4.94. The molecule has 2 rings (SSSR count). The lowest BCUT2D eigenvalue weighted by molar-refractivity contribution is 0.555. The first kappa shape index (κ1) is 13.4.